The maximum atomic E-state index is 12.2. The molecule has 0 saturated carbocycles. The molecule has 1 aromatic heterocycles. The van der Waals surface area contributed by atoms with Crippen LogP contribution in [0.5, 0.6) is 0 Å². The van der Waals surface area contributed by atoms with Crippen LogP contribution in [0.4, 0.5) is 0 Å². The van der Waals surface area contributed by atoms with E-state index in [1.165, 1.54) is 12.3 Å². The first-order chi connectivity index (χ1) is 9.95. The van der Waals surface area contributed by atoms with Crippen LogP contribution in [0.15, 0.2) is 17.2 Å². The standard InChI is InChI=1S/C13H21N3O4S/c1-15-6-4-7-16-10-11(9-12(16)13(15)17)21(18,19)14-5-3-8-20-2/h9-10,14H,3-8H2,1-2H3. The number of carbonyl (C=O) groups excluding carboxylic acids is 1. The molecule has 1 aliphatic rings. The van der Waals surface area contributed by atoms with Crippen molar-refractivity contribution >= 4 is 15.9 Å². The van der Waals surface area contributed by atoms with Crippen molar-refractivity contribution in [3.8, 4) is 0 Å². The van der Waals surface area contributed by atoms with Crippen molar-refractivity contribution in [3.05, 3.63) is 18.0 Å². The van der Waals surface area contributed by atoms with E-state index in [4.69, 9.17) is 4.74 Å². The molecule has 0 radical (unpaired) electrons. The Bertz CT molecular complexity index is 609. The van der Waals surface area contributed by atoms with Crippen molar-refractivity contribution in [2.45, 2.75) is 24.3 Å². The minimum Gasteiger partial charge on any atom is -0.385 e. The summed E-state index contributed by atoms with van der Waals surface area (Å²) in [5.41, 5.74) is 0.423. The molecule has 1 aliphatic heterocycles. The van der Waals surface area contributed by atoms with Crippen LogP contribution in [0, 0.1) is 0 Å². The summed E-state index contributed by atoms with van der Waals surface area (Å²) in [7, 11) is -0.289. The summed E-state index contributed by atoms with van der Waals surface area (Å²) in [6.07, 6.45) is 2.95. The second-order valence-electron chi connectivity index (χ2n) is 5.08. The molecule has 0 unspecified atom stereocenters. The summed E-state index contributed by atoms with van der Waals surface area (Å²) < 4.78 is 33.5. The molecular weight excluding hydrogens is 294 g/mol. The number of methoxy groups -OCH3 is 1. The predicted octanol–water partition coefficient (Wildman–Crippen LogP) is 0.279. The van der Waals surface area contributed by atoms with Gasteiger partial charge in [0.05, 0.1) is 0 Å². The van der Waals surface area contributed by atoms with Crippen molar-refractivity contribution in [3.63, 3.8) is 0 Å². The molecule has 0 saturated heterocycles. The molecule has 8 heteroatoms. The number of carbonyl (C=O) groups is 1. The molecule has 2 rings (SSSR count). The average molecular weight is 315 g/mol. The molecule has 0 bridgehead atoms. The van der Waals surface area contributed by atoms with E-state index < -0.39 is 10.0 Å². The number of sulfonamides is 1. The minimum atomic E-state index is -3.58. The van der Waals surface area contributed by atoms with Gasteiger partial charge in [-0.15, -0.1) is 0 Å². The van der Waals surface area contributed by atoms with Gasteiger partial charge in [0.25, 0.3) is 5.91 Å². The van der Waals surface area contributed by atoms with E-state index in [-0.39, 0.29) is 10.8 Å². The van der Waals surface area contributed by atoms with Crippen LogP contribution >= 0.6 is 0 Å². The third-order valence-corrected chi connectivity index (χ3v) is 4.89. The molecule has 1 aromatic rings. The largest absolute Gasteiger partial charge is 0.385 e. The molecular formula is C13H21N3O4S. The van der Waals surface area contributed by atoms with Crippen LogP contribution in [0.3, 0.4) is 0 Å². The first-order valence-corrected chi connectivity index (χ1v) is 8.38. The maximum Gasteiger partial charge on any atom is 0.270 e. The van der Waals surface area contributed by atoms with E-state index in [1.54, 1.807) is 23.6 Å². The zero-order chi connectivity index (χ0) is 15.5. The summed E-state index contributed by atoms with van der Waals surface area (Å²) >= 11 is 0. The van der Waals surface area contributed by atoms with Crippen molar-refractivity contribution in [2.24, 2.45) is 0 Å². The number of rotatable bonds is 6. The van der Waals surface area contributed by atoms with E-state index in [1.807, 2.05) is 0 Å². The summed E-state index contributed by atoms with van der Waals surface area (Å²) in [6, 6.07) is 1.45. The number of nitrogens with one attached hydrogen (secondary N) is 1. The highest BCUT2D eigenvalue weighted by atomic mass is 32.2. The number of aryl methyl sites for hydroxylation is 1. The van der Waals surface area contributed by atoms with Gasteiger partial charge in [0, 0.05) is 46.6 Å². The summed E-state index contributed by atoms with van der Waals surface area (Å²) in [4.78, 5) is 13.9. The van der Waals surface area contributed by atoms with Crippen LogP contribution in [-0.2, 0) is 21.3 Å². The number of ether oxygens (including phenoxy) is 1. The van der Waals surface area contributed by atoms with E-state index >= 15 is 0 Å². The van der Waals surface area contributed by atoms with Gasteiger partial charge in [-0.1, -0.05) is 0 Å². The van der Waals surface area contributed by atoms with Crippen LogP contribution < -0.4 is 4.72 Å². The molecule has 21 heavy (non-hydrogen) atoms. The van der Waals surface area contributed by atoms with E-state index in [9.17, 15) is 13.2 Å². The summed E-state index contributed by atoms with van der Waals surface area (Å²) in [6.45, 7) is 2.13. The molecule has 7 nitrogen and oxygen atoms in total. The Morgan fingerprint density at radius 3 is 2.86 bits per heavy atom. The van der Waals surface area contributed by atoms with Gasteiger partial charge in [0.2, 0.25) is 10.0 Å². The number of aromatic nitrogens is 1. The number of nitrogens with zero attached hydrogens (tertiary/aromatic N) is 2. The Balaban J connectivity index is 2.16. The lowest BCUT2D eigenvalue weighted by Gasteiger charge is -2.12. The first-order valence-electron chi connectivity index (χ1n) is 6.90. The number of fused-ring (bicyclic) bond motifs is 1. The predicted molar refractivity (Wildman–Crippen MR) is 77.7 cm³/mol. The quantitative estimate of drug-likeness (QED) is 0.765. The van der Waals surface area contributed by atoms with Gasteiger partial charge in [-0.3, -0.25) is 4.79 Å². The van der Waals surface area contributed by atoms with Gasteiger partial charge in [-0.2, -0.15) is 0 Å². The smallest absolute Gasteiger partial charge is 0.270 e. The Hall–Kier alpha value is -1.38. The normalized spacial score (nSPS) is 15.9. The lowest BCUT2D eigenvalue weighted by atomic mass is 10.4. The molecule has 2 heterocycles. The molecule has 1 amide bonds. The van der Waals surface area contributed by atoms with Gasteiger partial charge in [0.1, 0.15) is 10.6 Å². The average Bonchev–Trinajstić information content (AvgIpc) is 2.82. The van der Waals surface area contributed by atoms with Gasteiger partial charge in [-0.05, 0) is 18.9 Å². The van der Waals surface area contributed by atoms with Gasteiger partial charge < -0.3 is 14.2 Å². The fourth-order valence-corrected chi connectivity index (χ4v) is 3.39. The minimum absolute atomic E-state index is 0.138. The van der Waals surface area contributed by atoms with Crippen molar-refractivity contribution in [1.29, 1.82) is 0 Å². The monoisotopic (exact) mass is 315 g/mol. The lowest BCUT2D eigenvalue weighted by Crippen LogP contribution is -2.27. The van der Waals surface area contributed by atoms with Crippen molar-refractivity contribution in [1.82, 2.24) is 14.2 Å². The second kappa shape index (κ2) is 6.59. The third-order valence-electron chi connectivity index (χ3n) is 3.46. The van der Waals surface area contributed by atoms with Crippen molar-refractivity contribution in [2.75, 3.05) is 33.9 Å². The Morgan fingerprint density at radius 2 is 2.14 bits per heavy atom. The SMILES string of the molecule is COCCCNS(=O)(=O)c1cc2n(c1)CCCN(C)C2=O. The number of hydrogen-bond donors (Lipinski definition) is 1. The molecule has 0 fully saturated rings. The molecule has 0 atom stereocenters. The molecule has 0 aromatic carbocycles. The number of amides is 1. The Morgan fingerprint density at radius 1 is 1.38 bits per heavy atom. The lowest BCUT2D eigenvalue weighted by molar-refractivity contribution is 0.0796. The van der Waals surface area contributed by atoms with E-state index in [0.29, 0.717) is 38.4 Å². The van der Waals surface area contributed by atoms with E-state index in [2.05, 4.69) is 4.72 Å². The van der Waals surface area contributed by atoms with Crippen LogP contribution in [0.25, 0.3) is 0 Å². The zero-order valence-electron chi connectivity index (χ0n) is 12.3. The highest BCUT2D eigenvalue weighted by molar-refractivity contribution is 7.89. The molecule has 0 spiro atoms. The Labute approximate surface area is 124 Å². The maximum absolute atomic E-state index is 12.2. The van der Waals surface area contributed by atoms with E-state index in [0.717, 1.165) is 6.42 Å². The van der Waals surface area contributed by atoms with Gasteiger partial charge >= 0.3 is 0 Å². The highest BCUT2D eigenvalue weighted by Crippen LogP contribution is 2.19. The topological polar surface area (TPSA) is 80.6 Å². The highest BCUT2D eigenvalue weighted by Gasteiger charge is 2.24. The number of hydrogen-bond acceptors (Lipinski definition) is 4. The zero-order valence-corrected chi connectivity index (χ0v) is 13.1. The third kappa shape index (κ3) is 3.63. The molecule has 118 valence electrons. The molecule has 0 aliphatic carbocycles. The summed E-state index contributed by atoms with van der Waals surface area (Å²) in [5, 5.41) is 0. The van der Waals surface area contributed by atoms with Crippen LogP contribution in [0.2, 0.25) is 0 Å². The summed E-state index contributed by atoms with van der Waals surface area (Å²) in [5.74, 6) is -0.145. The molecule has 1 N–H and O–H groups in total. The van der Waals surface area contributed by atoms with Crippen LogP contribution in [0.1, 0.15) is 23.3 Å². The Kier molecular flexibility index (Phi) is 5.02. The van der Waals surface area contributed by atoms with Gasteiger partial charge in [-0.25, -0.2) is 13.1 Å². The van der Waals surface area contributed by atoms with Crippen molar-refractivity contribution < 1.29 is 17.9 Å². The fraction of sp³-hybridized carbons (Fsp3) is 0.615. The fourth-order valence-electron chi connectivity index (χ4n) is 2.28. The second-order valence-corrected chi connectivity index (χ2v) is 6.85. The van der Waals surface area contributed by atoms with Crippen LogP contribution in [-0.4, -0.2) is 57.6 Å². The van der Waals surface area contributed by atoms with Gasteiger partial charge in [0.15, 0.2) is 0 Å². The first kappa shape index (κ1) is 16.0.